The number of rotatable bonds is 5. The zero-order chi connectivity index (χ0) is 11.6. The van der Waals surface area contributed by atoms with Gasteiger partial charge in [0.15, 0.2) is 0 Å². The van der Waals surface area contributed by atoms with Gasteiger partial charge in [-0.3, -0.25) is 4.79 Å². The summed E-state index contributed by atoms with van der Waals surface area (Å²) in [6.45, 7) is 4.24. The number of hydrogen-bond acceptors (Lipinski definition) is 1. The average Bonchev–Trinajstić information content (AvgIpc) is 3.13. The third-order valence-electron chi connectivity index (χ3n) is 3.90. The normalized spacial score (nSPS) is 17.4. The molecule has 0 bridgehead atoms. The first-order valence-corrected chi connectivity index (χ1v) is 6.34. The molecule has 0 radical (unpaired) electrons. The summed E-state index contributed by atoms with van der Waals surface area (Å²) in [5, 5.41) is 0. The third kappa shape index (κ3) is 1.79. The summed E-state index contributed by atoms with van der Waals surface area (Å²) in [5.41, 5.74) is 1.12. The predicted molar refractivity (Wildman–Crippen MR) is 66.4 cm³/mol. The van der Waals surface area contributed by atoms with Crippen LogP contribution in [0.5, 0.6) is 0 Å². The second kappa shape index (κ2) is 4.40. The quantitative estimate of drug-likeness (QED) is 0.733. The van der Waals surface area contributed by atoms with Crippen LogP contribution in [0.15, 0.2) is 30.3 Å². The van der Waals surface area contributed by atoms with Gasteiger partial charge in [0, 0.05) is 5.92 Å². The van der Waals surface area contributed by atoms with Crippen LogP contribution in [0.3, 0.4) is 0 Å². The molecule has 16 heavy (non-hydrogen) atoms. The van der Waals surface area contributed by atoms with Crippen LogP contribution in [0.2, 0.25) is 0 Å². The summed E-state index contributed by atoms with van der Waals surface area (Å²) in [7, 11) is 0. The molecular weight excluding hydrogens is 196 g/mol. The molecular formula is C15H20O. The van der Waals surface area contributed by atoms with Crippen LogP contribution in [0, 0.1) is 5.92 Å². The number of benzene rings is 1. The second-order valence-corrected chi connectivity index (χ2v) is 4.83. The van der Waals surface area contributed by atoms with Crippen molar-refractivity contribution >= 4 is 5.78 Å². The van der Waals surface area contributed by atoms with Gasteiger partial charge in [0.05, 0.1) is 5.41 Å². The molecule has 1 aliphatic carbocycles. The number of ketones is 1. The van der Waals surface area contributed by atoms with Crippen molar-refractivity contribution in [1.29, 1.82) is 0 Å². The van der Waals surface area contributed by atoms with E-state index in [-0.39, 0.29) is 11.3 Å². The molecule has 86 valence electrons. The van der Waals surface area contributed by atoms with Gasteiger partial charge < -0.3 is 0 Å². The van der Waals surface area contributed by atoms with E-state index in [1.54, 1.807) is 0 Å². The van der Waals surface area contributed by atoms with Gasteiger partial charge in [-0.25, -0.2) is 0 Å². The summed E-state index contributed by atoms with van der Waals surface area (Å²) in [6, 6.07) is 10.3. The highest BCUT2D eigenvalue weighted by molar-refractivity contribution is 5.94. The molecule has 1 aromatic carbocycles. The Labute approximate surface area is 97.9 Å². The first-order chi connectivity index (χ1) is 7.74. The smallest absolute Gasteiger partial charge is 0.146 e. The summed E-state index contributed by atoms with van der Waals surface area (Å²) in [5.74, 6) is 0.728. The Morgan fingerprint density at radius 2 is 1.75 bits per heavy atom. The van der Waals surface area contributed by atoms with Gasteiger partial charge in [0.1, 0.15) is 5.78 Å². The van der Waals surface area contributed by atoms with Gasteiger partial charge in [-0.05, 0) is 31.2 Å². The monoisotopic (exact) mass is 216 g/mol. The molecule has 0 heterocycles. The highest BCUT2D eigenvalue weighted by Gasteiger charge is 2.51. The average molecular weight is 216 g/mol. The molecule has 1 aromatic rings. The molecule has 0 spiro atoms. The van der Waals surface area contributed by atoms with E-state index < -0.39 is 0 Å². The predicted octanol–water partition coefficient (Wildman–Crippen LogP) is 3.72. The van der Waals surface area contributed by atoms with Gasteiger partial charge in [-0.15, -0.1) is 0 Å². The van der Waals surface area contributed by atoms with Crippen molar-refractivity contribution in [2.45, 2.75) is 44.9 Å². The van der Waals surface area contributed by atoms with E-state index >= 15 is 0 Å². The number of carbonyl (C=O) groups excluding carboxylic acids is 1. The minimum atomic E-state index is -0.113. The zero-order valence-corrected chi connectivity index (χ0v) is 10.2. The Balaban J connectivity index is 2.24. The van der Waals surface area contributed by atoms with Crippen molar-refractivity contribution in [3.8, 4) is 0 Å². The van der Waals surface area contributed by atoms with Crippen molar-refractivity contribution < 1.29 is 4.79 Å². The molecule has 0 aromatic heterocycles. The first kappa shape index (κ1) is 11.4. The molecule has 0 aliphatic heterocycles. The molecule has 1 nitrogen and oxygen atoms in total. The van der Waals surface area contributed by atoms with Crippen LogP contribution >= 0.6 is 0 Å². The highest BCUT2D eigenvalue weighted by Crippen LogP contribution is 2.50. The van der Waals surface area contributed by atoms with Crippen molar-refractivity contribution in [3.63, 3.8) is 0 Å². The summed E-state index contributed by atoms with van der Waals surface area (Å²) in [4.78, 5) is 12.5. The number of carbonyl (C=O) groups is 1. The lowest BCUT2D eigenvalue weighted by molar-refractivity contribution is -0.125. The zero-order valence-electron chi connectivity index (χ0n) is 10.2. The molecule has 0 amide bonds. The molecule has 1 aliphatic rings. The van der Waals surface area contributed by atoms with Crippen LogP contribution < -0.4 is 0 Å². The third-order valence-corrected chi connectivity index (χ3v) is 3.90. The van der Waals surface area contributed by atoms with E-state index in [0.717, 1.165) is 25.7 Å². The lowest BCUT2D eigenvalue weighted by atomic mass is 9.82. The molecule has 1 fully saturated rings. The van der Waals surface area contributed by atoms with E-state index in [1.165, 1.54) is 5.56 Å². The van der Waals surface area contributed by atoms with Crippen molar-refractivity contribution in [3.05, 3.63) is 35.9 Å². The Morgan fingerprint density at radius 1 is 1.19 bits per heavy atom. The lowest BCUT2D eigenvalue weighted by Crippen LogP contribution is -2.27. The minimum Gasteiger partial charge on any atom is -0.298 e. The van der Waals surface area contributed by atoms with Crippen molar-refractivity contribution in [1.82, 2.24) is 0 Å². The number of Topliss-reactive ketones (excluding diaryl/α,β-unsaturated/α-hetero) is 1. The van der Waals surface area contributed by atoms with Crippen LogP contribution in [0.1, 0.15) is 45.1 Å². The Hall–Kier alpha value is -1.11. The SMILES string of the molecule is CCC(CC)C(=O)C1(c2ccccc2)CC1. The molecule has 1 heteroatoms. The van der Waals surface area contributed by atoms with Crippen molar-refractivity contribution in [2.75, 3.05) is 0 Å². The van der Waals surface area contributed by atoms with Crippen LogP contribution in [-0.4, -0.2) is 5.78 Å². The fourth-order valence-corrected chi connectivity index (χ4v) is 2.61. The molecule has 0 N–H and O–H groups in total. The van der Waals surface area contributed by atoms with Gasteiger partial charge in [0.2, 0.25) is 0 Å². The maximum Gasteiger partial charge on any atom is 0.146 e. The molecule has 0 saturated heterocycles. The molecule has 0 unspecified atom stereocenters. The maximum absolute atomic E-state index is 12.5. The second-order valence-electron chi connectivity index (χ2n) is 4.83. The van der Waals surface area contributed by atoms with Gasteiger partial charge >= 0.3 is 0 Å². The molecule has 1 saturated carbocycles. The van der Waals surface area contributed by atoms with Crippen molar-refractivity contribution in [2.24, 2.45) is 5.92 Å². The Bertz CT molecular complexity index is 358. The topological polar surface area (TPSA) is 17.1 Å². The summed E-state index contributed by atoms with van der Waals surface area (Å²) < 4.78 is 0. The van der Waals surface area contributed by atoms with Gasteiger partial charge in [-0.2, -0.15) is 0 Å². The minimum absolute atomic E-state index is 0.113. The van der Waals surface area contributed by atoms with Crippen LogP contribution in [-0.2, 0) is 10.2 Å². The molecule has 2 rings (SSSR count). The fraction of sp³-hybridized carbons (Fsp3) is 0.533. The van der Waals surface area contributed by atoms with E-state index in [1.807, 2.05) is 18.2 Å². The van der Waals surface area contributed by atoms with E-state index in [9.17, 15) is 4.79 Å². The standard InChI is InChI=1S/C15H20O/c1-3-12(4-2)14(16)15(10-11-15)13-8-6-5-7-9-13/h5-9,12H,3-4,10-11H2,1-2H3. The highest BCUT2D eigenvalue weighted by atomic mass is 16.1. The maximum atomic E-state index is 12.5. The Morgan fingerprint density at radius 3 is 2.19 bits per heavy atom. The summed E-state index contributed by atoms with van der Waals surface area (Å²) >= 11 is 0. The van der Waals surface area contributed by atoms with Crippen LogP contribution in [0.4, 0.5) is 0 Å². The lowest BCUT2D eigenvalue weighted by Gasteiger charge is -2.20. The molecule has 0 atom stereocenters. The number of hydrogen-bond donors (Lipinski definition) is 0. The Kier molecular flexibility index (Phi) is 3.13. The van der Waals surface area contributed by atoms with E-state index in [2.05, 4.69) is 26.0 Å². The van der Waals surface area contributed by atoms with Gasteiger partial charge in [0.25, 0.3) is 0 Å². The van der Waals surface area contributed by atoms with E-state index in [0.29, 0.717) is 5.78 Å². The fourth-order valence-electron chi connectivity index (χ4n) is 2.61. The van der Waals surface area contributed by atoms with Crippen LogP contribution in [0.25, 0.3) is 0 Å². The first-order valence-electron chi connectivity index (χ1n) is 6.34. The summed E-state index contributed by atoms with van der Waals surface area (Å²) in [6.07, 6.45) is 4.05. The largest absolute Gasteiger partial charge is 0.298 e. The van der Waals surface area contributed by atoms with Gasteiger partial charge in [-0.1, -0.05) is 44.2 Å². The van der Waals surface area contributed by atoms with E-state index in [4.69, 9.17) is 0 Å².